The van der Waals surface area contributed by atoms with Gasteiger partial charge in [-0.15, -0.1) is 0 Å². The Morgan fingerprint density at radius 2 is 2.33 bits per heavy atom. The molecule has 0 fully saturated rings. The fraction of sp³-hybridized carbons (Fsp3) is 0.250. The van der Waals surface area contributed by atoms with E-state index < -0.39 is 0 Å². The second-order valence-electron chi connectivity index (χ2n) is 2.12. The molecule has 0 nitrogen and oxygen atoms in total. The fourth-order valence-electron chi connectivity index (χ4n) is 0.759. The van der Waals surface area contributed by atoms with E-state index in [0.29, 0.717) is 0 Å². The van der Waals surface area contributed by atoms with Crippen molar-refractivity contribution in [2.75, 3.05) is 0 Å². The Morgan fingerprint density at radius 3 is 3.11 bits per heavy atom. The van der Waals surface area contributed by atoms with Crippen LogP contribution in [0.25, 0.3) is 0 Å². The van der Waals surface area contributed by atoms with Gasteiger partial charge in [-0.05, 0) is 25.5 Å². The first-order chi connectivity index (χ1) is 4.29. The first-order valence-corrected chi connectivity index (χ1v) is 3.37. The van der Waals surface area contributed by atoms with Crippen molar-refractivity contribution in [1.29, 1.82) is 0 Å². The highest BCUT2D eigenvalue weighted by Crippen LogP contribution is 2.12. The van der Waals surface area contributed by atoms with E-state index in [9.17, 15) is 0 Å². The van der Waals surface area contributed by atoms with Gasteiger partial charge in [-0.1, -0.05) is 29.3 Å². The van der Waals surface area contributed by atoms with Crippen molar-refractivity contribution in [3.63, 3.8) is 0 Å². The molecule has 1 aliphatic rings. The molecular formula is C8H9Cl. The summed E-state index contributed by atoms with van der Waals surface area (Å²) in [6.07, 6.45) is 9.08. The van der Waals surface area contributed by atoms with Gasteiger partial charge in [0.15, 0.2) is 0 Å². The maximum absolute atomic E-state index is 5.75. The van der Waals surface area contributed by atoms with Gasteiger partial charge in [0.2, 0.25) is 0 Å². The summed E-state index contributed by atoms with van der Waals surface area (Å²) >= 11 is 5.75. The fourth-order valence-corrected chi connectivity index (χ4v) is 1.02. The van der Waals surface area contributed by atoms with Gasteiger partial charge in [-0.25, -0.2) is 0 Å². The summed E-state index contributed by atoms with van der Waals surface area (Å²) in [5.41, 5.74) is 1.24. The van der Waals surface area contributed by atoms with E-state index >= 15 is 0 Å². The molecule has 0 amide bonds. The van der Waals surface area contributed by atoms with Crippen LogP contribution < -0.4 is 0 Å². The minimum absolute atomic E-state index is 0.821. The molecule has 0 spiro atoms. The molecular weight excluding hydrogens is 132 g/mol. The van der Waals surface area contributed by atoms with Crippen LogP contribution in [0.1, 0.15) is 13.3 Å². The van der Waals surface area contributed by atoms with Gasteiger partial charge in [0.25, 0.3) is 0 Å². The monoisotopic (exact) mass is 140 g/mol. The Balaban J connectivity index is 2.82. The third kappa shape index (κ3) is 2.06. The van der Waals surface area contributed by atoms with Crippen LogP contribution in [0.2, 0.25) is 0 Å². The van der Waals surface area contributed by atoms with Crippen molar-refractivity contribution < 1.29 is 0 Å². The number of halogens is 1. The third-order valence-corrected chi connectivity index (χ3v) is 1.45. The molecule has 9 heavy (non-hydrogen) atoms. The lowest BCUT2D eigenvalue weighted by molar-refractivity contribution is 1.35. The number of hydrogen-bond donors (Lipinski definition) is 0. The minimum Gasteiger partial charge on any atom is -0.0843 e. The highest BCUT2D eigenvalue weighted by molar-refractivity contribution is 6.31. The molecule has 0 aliphatic heterocycles. The van der Waals surface area contributed by atoms with Gasteiger partial charge in [0.05, 0.1) is 0 Å². The van der Waals surface area contributed by atoms with Crippen molar-refractivity contribution in [2.45, 2.75) is 13.3 Å². The van der Waals surface area contributed by atoms with Gasteiger partial charge in [0.1, 0.15) is 0 Å². The Labute approximate surface area is 60.5 Å². The normalized spacial score (nSPS) is 18.4. The van der Waals surface area contributed by atoms with Gasteiger partial charge >= 0.3 is 0 Å². The molecule has 0 unspecified atom stereocenters. The van der Waals surface area contributed by atoms with Gasteiger partial charge in [-0.3, -0.25) is 0 Å². The summed E-state index contributed by atoms with van der Waals surface area (Å²) in [7, 11) is 0. The summed E-state index contributed by atoms with van der Waals surface area (Å²) < 4.78 is 0. The highest BCUT2D eigenvalue weighted by Gasteiger charge is 1.89. The summed E-state index contributed by atoms with van der Waals surface area (Å²) in [6, 6.07) is 0. The Bertz CT molecular complexity index is 185. The number of rotatable bonds is 0. The SMILES string of the molecule is CC1=CCC=CC(Cl)=C1. The van der Waals surface area contributed by atoms with E-state index in [0.717, 1.165) is 11.5 Å². The van der Waals surface area contributed by atoms with Crippen LogP contribution >= 0.6 is 11.6 Å². The molecule has 0 saturated heterocycles. The molecule has 0 heterocycles. The van der Waals surface area contributed by atoms with E-state index in [-0.39, 0.29) is 0 Å². The molecule has 0 saturated carbocycles. The lowest BCUT2D eigenvalue weighted by Crippen LogP contribution is -1.65. The smallest absolute Gasteiger partial charge is 0.0405 e. The van der Waals surface area contributed by atoms with Gasteiger partial charge in [-0.2, -0.15) is 0 Å². The molecule has 0 atom stereocenters. The van der Waals surface area contributed by atoms with E-state index in [1.165, 1.54) is 5.57 Å². The van der Waals surface area contributed by atoms with E-state index in [1.54, 1.807) is 0 Å². The quantitative estimate of drug-likeness (QED) is 0.485. The molecule has 0 bridgehead atoms. The molecule has 1 rings (SSSR count). The maximum Gasteiger partial charge on any atom is 0.0405 e. The average molecular weight is 141 g/mol. The summed E-state index contributed by atoms with van der Waals surface area (Å²) in [5.74, 6) is 0. The minimum atomic E-state index is 0.821. The predicted octanol–water partition coefficient (Wildman–Crippen LogP) is 3.02. The zero-order valence-corrected chi connectivity index (χ0v) is 6.15. The molecule has 0 N–H and O–H groups in total. The largest absolute Gasteiger partial charge is 0.0843 e. The second kappa shape index (κ2) is 2.88. The number of allylic oxidation sites excluding steroid dienone is 6. The van der Waals surface area contributed by atoms with E-state index in [1.807, 2.05) is 12.2 Å². The van der Waals surface area contributed by atoms with Crippen LogP contribution in [-0.2, 0) is 0 Å². The second-order valence-corrected chi connectivity index (χ2v) is 2.55. The Hall–Kier alpha value is -0.490. The highest BCUT2D eigenvalue weighted by atomic mass is 35.5. The maximum atomic E-state index is 5.75. The van der Waals surface area contributed by atoms with Crippen molar-refractivity contribution in [1.82, 2.24) is 0 Å². The first kappa shape index (κ1) is 6.63. The molecule has 0 aromatic heterocycles. The van der Waals surface area contributed by atoms with Crippen LogP contribution in [-0.4, -0.2) is 0 Å². The standard InChI is InChI=1S/C8H9Cl/c1-7-4-2-3-5-8(9)6-7/h3-6H,2H2,1H3. The zero-order chi connectivity index (χ0) is 6.69. The van der Waals surface area contributed by atoms with Gasteiger partial charge < -0.3 is 0 Å². The topological polar surface area (TPSA) is 0 Å². The molecule has 48 valence electrons. The molecule has 1 aliphatic carbocycles. The Kier molecular flexibility index (Phi) is 2.12. The summed E-state index contributed by atoms with van der Waals surface area (Å²) in [5, 5.41) is 0.821. The van der Waals surface area contributed by atoms with Crippen molar-refractivity contribution in [3.8, 4) is 0 Å². The van der Waals surface area contributed by atoms with Crippen LogP contribution in [0.4, 0.5) is 0 Å². The third-order valence-electron chi connectivity index (χ3n) is 1.22. The zero-order valence-electron chi connectivity index (χ0n) is 5.39. The van der Waals surface area contributed by atoms with Crippen molar-refractivity contribution >= 4 is 11.6 Å². The summed E-state index contributed by atoms with van der Waals surface area (Å²) in [6.45, 7) is 2.05. The van der Waals surface area contributed by atoms with E-state index in [4.69, 9.17) is 11.6 Å². The van der Waals surface area contributed by atoms with Crippen molar-refractivity contribution in [2.24, 2.45) is 0 Å². The van der Waals surface area contributed by atoms with E-state index in [2.05, 4.69) is 19.1 Å². The first-order valence-electron chi connectivity index (χ1n) is 2.99. The lowest BCUT2D eigenvalue weighted by atomic mass is 10.2. The predicted molar refractivity (Wildman–Crippen MR) is 41.5 cm³/mol. The molecule has 0 aromatic carbocycles. The van der Waals surface area contributed by atoms with Crippen LogP contribution in [0.5, 0.6) is 0 Å². The average Bonchev–Trinajstić information content (AvgIpc) is 1.93. The van der Waals surface area contributed by atoms with Crippen LogP contribution in [0.15, 0.2) is 34.9 Å². The van der Waals surface area contributed by atoms with Crippen LogP contribution in [0.3, 0.4) is 0 Å². The van der Waals surface area contributed by atoms with Crippen molar-refractivity contribution in [3.05, 3.63) is 34.9 Å². The molecule has 1 heteroatoms. The van der Waals surface area contributed by atoms with Gasteiger partial charge in [0, 0.05) is 5.03 Å². The Morgan fingerprint density at radius 1 is 1.56 bits per heavy atom. The van der Waals surface area contributed by atoms with Crippen LogP contribution in [0, 0.1) is 0 Å². The molecule has 0 aromatic rings. The lowest BCUT2D eigenvalue weighted by Gasteiger charge is -1.86. The summed E-state index contributed by atoms with van der Waals surface area (Å²) in [4.78, 5) is 0. The number of hydrogen-bond acceptors (Lipinski definition) is 0. The molecule has 0 radical (unpaired) electrons.